The van der Waals surface area contributed by atoms with Crippen molar-refractivity contribution in [3.8, 4) is 0 Å². The number of hydrogen-bond acceptors (Lipinski definition) is 3. The summed E-state index contributed by atoms with van der Waals surface area (Å²) < 4.78 is 3.95. The number of hydrogen-bond donors (Lipinski definition) is 3. The Hall–Kier alpha value is 0.314. The molecule has 0 aliphatic heterocycles. The van der Waals surface area contributed by atoms with E-state index >= 15 is 0 Å². The van der Waals surface area contributed by atoms with Gasteiger partial charge in [0.25, 0.3) is 8.56 Å². The first-order chi connectivity index (χ1) is 6.51. The maximum Gasteiger partial charge on any atom is 0.271 e. The largest absolute Gasteiger partial charge is 0.335 e. The fourth-order valence-electron chi connectivity index (χ4n) is 1.80. The predicted molar refractivity (Wildman–Crippen MR) is 70.1 cm³/mol. The standard InChI is InChI=1S/C9H27N3Si2/c1-7-14(8-2,9-3)12-13(6,10-4)11-5/h10-12H,7-9H2,1-6H3. The van der Waals surface area contributed by atoms with Gasteiger partial charge in [-0.15, -0.1) is 0 Å². The molecule has 3 N–H and O–H groups in total. The SMILES string of the molecule is CC[Si](CC)(CC)N[Si](C)(NC)NC. The molecule has 86 valence electrons. The fraction of sp³-hybridized carbons (Fsp3) is 1.00. The van der Waals surface area contributed by atoms with E-state index in [4.69, 9.17) is 0 Å². The minimum absolute atomic E-state index is 1.21. The van der Waals surface area contributed by atoms with Gasteiger partial charge >= 0.3 is 0 Å². The van der Waals surface area contributed by atoms with Gasteiger partial charge in [-0.1, -0.05) is 20.8 Å². The van der Waals surface area contributed by atoms with Crippen LogP contribution in [0.3, 0.4) is 0 Å². The van der Waals surface area contributed by atoms with Gasteiger partial charge in [-0.05, 0) is 38.8 Å². The van der Waals surface area contributed by atoms with Crippen LogP contribution in [0.2, 0.25) is 24.7 Å². The molecule has 0 bridgehead atoms. The molecule has 0 radical (unpaired) electrons. The van der Waals surface area contributed by atoms with Gasteiger partial charge in [-0.3, -0.25) is 0 Å². The molecule has 0 heterocycles. The second kappa shape index (κ2) is 6.02. The second-order valence-corrected chi connectivity index (χ2v) is 13.0. The Kier molecular flexibility index (Phi) is 6.15. The van der Waals surface area contributed by atoms with Crippen molar-refractivity contribution in [1.29, 1.82) is 0 Å². The van der Waals surface area contributed by atoms with Crippen LogP contribution in [0, 0.1) is 0 Å². The van der Waals surface area contributed by atoms with Crippen LogP contribution in [-0.2, 0) is 0 Å². The van der Waals surface area contributed by atoms with E-state index in [2.05, 4.69) is 56.0 Å². The third kappa shape index (κ3) is 3.47. The van der Waals surface area contributed by atoms with Crippen molar-refractivity contribution < 1.29 is 0 Å². The summed E-state index contributed by atoms with van der Waals surface area (Å²) in [6.07, 6.45) is 0. The Bertz CT molecular complexity index is 148. The van der Waals surface area contributed by atoms with E-state index in [1.165, 1.54) is 18.1 Å². The van der Waals surface area contributed by atoms with Crippen LogP contribution < -0.4 is 14.6 Å². The van der Waals surface area contributed by atoms with Crippen LogP contribution in [0.1, 0.15) is 20.8 Å². The zero-order chi connectivity index (χ0) is 11.2. The van der Waals surface area contributed by atoms with Crippen molar-refractivity contribution in [2.24, 2.45) is 0 Å². The van der Waals surface area contributed by atoms with Gasteiger partial charge in [0.1, 0.15) is 8.24 Å². The van der Waals surface area contributed by atoms with Gasteiger partial charge in [-0.2, -0.15) is 0 Å². The van der Waals surface area contributed by atoms with Gasteiger partial charge in [-0.25, -0.2) is 0 Å². The minimum atomic E-state index is -1.58. The maximum absolute atomic E-state index is 3.95. The lowest BCUT2D eigenvalue weighted by Gasteiger charge is -2.39. The molecule has 0 saturated carbocycles. The highest BCUT2D eigenvalue weighted by atomic mass is 28.4. The van der Waals surface area contributed by atoms with Crippen molar-refractivity contribution in [2.75, 3.05) is 14.1 Å². The minimum Gasteiger partial charge on any atom is -0.335 e. The third-order valence-corrected chi connectivity index (χ3v) is 13.7. The first-order valence-electron chi connectivity index (χ1n) is 5.68. The number of rotatable bonds is 7. The molecule has 0 atom stereocenters. The zero-order valence-electron chi connectivity index (χ0n) is 10.6. The van der Waals surface area contributed by atoms with Gasteiger partial charge in [0.05, 0.1) is 0 Å². The van der Waals surface area contributed by atoms with E-state index in [1.807, 2.05) is 0 Å². The average Bonchev–Trinajstić information content (AvgIpc) is 2.26. The lowest BCUT2D eigenvalue weighted by molar-refractivity contribution is 0.941. The van der Waals surface area contributed by atoms with Crippen molar-refractivity contribution in [3.05, 3.63) is 0 Å². The quantitative estimate of drug-likeness (QED) is 0.585. The Morgan fingerprint density at radius 2 is 1.21 bits per heavy atom. The summed E-state index contributed by atoms with van der Waals surface area (Å²) in [6.45, 7) is 9.28. The smallest absolute Gasteiger partial charge is 0.271 e. The van der Waals surface area contributed by atoms with E-state index in [0.717, 1.165) is 0 Å². The van der Waals surface area contributed by atoms with Gasteiger partial charge in [0.15, 0.2) is 0 Å². The highest BCUT2D eigenvalue weighted by Crippen LogP contribution is 2.17. The van der Waals surface area contributed by atoms with Crippen LogP contribution in [0.15, 0.2) is 0 Å². The van der Waals surface area contributed by atoms with Crippen molar-refractivity contribution in [3.63, 3.8) is 0 Å². The molecule has 0 spiro atoms. The fourth-order valence-corrected chi connectivity index (χ4v) is 10.9. The summed E-state index contributed by atoms with van der Waals surface area (Å²) in [4.78, 5) is 6.88. The molecule has 0 fully saturated rings. The second-order valence-electron chi connectivity index (χ2n) is 4.09. The lowest BCUT2D eigenvalue weighted by Crippen LogP contribution is -2.75. The molecule has 0 aromatic carbocycles. The zero-order valence-corrected chi connectivity index (χ0v) is 12.6. The Balaban J connectivity index is 4.56. The summed E-state index contributed by atoms with van der Waals surface area (Å²) in [5.41, 5.74) is 0. The van der Waals surface area contributed by atoms with Gasteiger partial charge in [0, 0.05) is 0 Å². The average molecular weight is 234 g/mol. The van der Waals surface area contributed by atoms with E-state index in [-0.39, 0.29) is 0 Å². The maximum atomic E-state index is 3.95. The number of nitrogens with one attached hydrogen (secondary N) is 3. The van der Waals surface area contributed by atoms with Crippen molar-refractivity contribution in [1.82, 2.24) is 14.6 Å². The van der Waals surface area contributed by atoms with E-state index in [9.17, 15) is 0 Å². The molecule has 0 aliphatic carbocycles. The molecular formula is C9H27N3Si2. The van der Waals surface area contributed by atoms with E-state index in [0.29, 0.717) is 0 Å². The monoisotopic (exact) mass is 233 g/mol. The van der Waals surface area contributed by atoms with E-state index < -0.39 is 16.8 Å². The normalized spacial score (nSPS) is 13.3. The van der Waals surface area contributed by atoms with E-state index in [1.54, 1.807) is 0 Å². The van der Waals surface area contributed by atoms with Crippen molar-refractivity contribution in [2.45, 2.75) is 45.5 Å². The van der Waals surface area contributed by atoms with Gasteiger partial charge < -0.3 is 14.6 Å². The van der Waals surface area contributed by atoms with Crippen LogP contribution in [0.4, 0.5) is 0 Å². The highest BCUT2D eigenvalue weighted by Gasteiger charge is 2.36. The molecule has 0 saturated heterocycles. The third-order valence-electron chi connectivity index (χ3n) is 3.55. The molecule has 0 aromatic rings. The van der Waals surface area contributed by atoms with Crippen LogP contribution in [0.25, 0.3) is 0 Å². The molecule has 3 nitrogen and oxygen atoms in total. The summed E-state index contributed by atoms with van der Waals surface area (Å²) in [7, 11) is 1.31. The Morgan fingerprint density at radius 3 is 1.43 bits per heavy atom. The van der Waals surface area contributed by atoms with Crippen LogP contribution in [-0.4, -0.2) is 30.9 Å². The molecule has 0 aromatic heterocycles. The van der Waals surface area contributed by atoms with Crippen molar-refractivity contribution >= 4 is 16.8 Å². The predicted octanol–water partition coefficient (Wildman–Crippen LogP) is 1.59. The molecule has 0 rings (SSSR count). The summed E-state index contributed by atoms with van der Waals surface area (Å²) in [6, 6.07) is 3.98. The molecular weight excluding hydrogens is 206 g/mol. The molecule has 0 aliphatic rings. The molecule has 5 heteroatoms. The summed E-state index contributed by atoms with van der Waals surface area (Å²) in [5, 5.41) is 0. The Labute approximate surface area is 91.4 Å². The van der Waals surface area contributed by atoms with Crippen LogP contribution >= 0.6 is 0 Å². The first kappa shape index (κ1) is 14.3. The lowest BCUT2D eigenvalue weighted by atomic mass is 10.9. The summed E-state index contributed by atoms with van der Waals surface area (Å²) >= 11 is 0. The molecule has 0 amide bonds. The molecule has 14 heavy (non-hydrogen) atoms. The van der Waals surface area contributed by atoms with Gasteiger partial charge in [0.2, 0.25) is 0 Å². The first-order valence-corrected chi connectivity index (χ1v) is 10.8. The van der Waals surface area contributed by atoms with Crippen LogP contribution in [0.5, 0.6) is 0 Å². The Morgan fingerprint density at radius 1 is 0.857 bits per heavy atom. The molecule has 0 unspecified atom stereocenters. The topological polar surface area (TPSA) is 36.1 Å². The highest BCUT2D eigenvalue weighted by molar-refractivity contribution is 6.90. The summed E-state index contributed by atoms with van der Waals surface area (Å²) in [5.74, 6) is 0.